The minimum absolute atomic E-state index is 0.0120. The maximum atomic E-state index is 13.3. The molecule has 20 heavy (non-hydrogen) atoms. The monoisotopic (exact) mass is 357 g/mol. The lowest BCUT2D eigenvalue weighted by atomic mass is 10.2. The Balaban J connectivity index is 2.26. The Morgan fingerprint density at radius 2 is 2.05 bits per heavy atom. The number of anilines is 1. The van der Waals surface area contributed by atoms with Gasteiger partial charge in [-0.15, -0.1) is 0 Å². The number of benzene rings is 2. The standard InChI is InChI=1S/C14H10BrClFNO2/c1-20-13-6-8(2-5-11(13)17)14(19)18-12-7-9(15)3-4-10(12)16/h2-7H,1H3,(H,18,19). The van der Waals surface area contributed by atoms with Crippen molar-refractivity contribution in [3.63, 3.8) is 0 Å². The van der Waals surface area contributed by atoms with E-state index in [0.717, 1.165) is 4.47 Å². The molecule has 3 nitrogen and oxygen atoms in total. The Morgan fingerprint density at radius 1 is 1.30 bits per heavy atom. The van der Waals surface area contributed by atoms with Crippen molar-refractivity contribution in [2.45, 2.75) is 0 Å². The third kappa shape index (κ3) is 3.29. The summed E-state index contributed by atoms with van der Waals surface area (Å²) in [4.78, 5) is 12.1. The van der Waals surface area contributed by atoms with Crippen LogP contribution in [0.2, 0.25) is 5.02 Å². The molecular formula is C14H10BrClFNO2. The van der Waals surface area contributed by atoms with Crippen LogP contribution < -0.4 is 10.1 Å². The highest BCUT2D eigenvalue weighted by Crippen LogP contribution is 2.26. The number of amides is 1. The van der Waals surface area contributed by atoms with Gasteiger partial charge in [-0.25, -0.2) is 4.39 Å². The number of carbonyl (C=O) groups is 1. The first kappa shape index (κ1) is 14.8. The third-order valence-corrected chi connectivity index (χ3v) is 3.41. The Morgan fingerprint density at radius 3 is 2.75 bits per heavy atom. The second-order valence-electron chi connectivity index (χ2n) is 3.93. The number of halogens is 3. The molecule has 0 aliphatic rings. The van der Waals surface area contributed by atoms with E-state index < -0.39 is 11.7 Å². The Bertz CT molecular complexity index is 664. The predicted molar refractivity (Wildman–Crippen MR) is 80.1 cm³/mol. The summed E-state index contributed by atoms with van der Waals surface area (Å²) >= 11 is 9.29. The van der Waals surface area contributed by atoms with E-state index in [2.05, 4.69) is 21.2 Å². The molecule has 0 bridgehead atoms. The average molecular weight is 359 g/mol. The van der Waals surface area contributed by atoms with E-state index in [1.165, 1.54) is 25.3 Å². The molecule has 0 fully saturated rings. The molecule has 2 rings (SSSR count). The van der Waals surface area contributed by atoms with Gasteiger partial charge in [0.05, 0.1) is 17.8 Å². The molecule has 0 aromatic heterocycles. The van der Waals surface area contributed by atoms with Gasteiger partial charge in [0.15, 0.2) is 11.6 Å². The van der Waals surface area contributed by atoms with E-state index in [-0.39, 0.29) is 11.3 Å². The zero-order chi connectivity index (χ0) is 14.7. The predicted octanol–water partition coefficient (Wildman–Crippen LogP) is 4.50. The maximum Gasteiger partial charge on any atom is 0.255 e. The van der Waals surface area contributed by atoms with E-state index in [9.17, 15) is 9.18 Å². The van der Waals surface area contributed by atoms with Gasteiger partial charge in [0.1, 0.15) is 0 Å². The van der Waals surface area contributed by atoms with Gasteiger partial charge >= 0.3 is 0 Å². The molecule has 0 saturated heterocycles. The van der Waals surface area contributed by atoms with Gasteiger partial charge in [0.25, 0.3) is 5.91 Å². The molecule has 6 heteroatoms. The highest BCUT2D eigenvalue weighted by Gasteiger charge is 2.12. The number of rotatable bonds is 3. The van der Waals surface area contributed by atoms with Gasteiger partial charge in [0, 0.05) is 10.0 Å². The van der Waals surface area contributed by atoms with Crippen molar-refractivity contribution in [3.8, 4) is 5.75 Å². The first-order valence-electron chi connectivity index (χ1n) is 5.61. The number of carbonyl (C=O) groups excluding carboxylic acids is 1. The van der Waals surface area contributed by atoms with Crippen molar-refractivity contribution in [2.75, 3.05) is 12.4 Å². The topological polar surface area (TPSA) is 38.3 Å². The summed E-state index contributed by atoms with van der Waals surface area (Å²) in [6, 6.07) is 8.98. The van der Waals surface area contributed by atoms with Crippen molar-refractivity contribution in [1.82, 2.24) is 0 Å². The number of nitrogens with one attached hydrogen (secondary N) is 1. The third-order valence-electron chi connectivity index (χ3n) is 2.59. The van der Waals surface area contributed by atoms with Crippen LogP contribution in [0.1, 0.15) is 10.4 Å². The van der Waals surface area contributed by atoms with Crippen LogP contribution in [0.4, 0.5) is 10.1 Å². The molecule has 1 amide bonds. The minimum atomic E-state index is -0.524. The molecule has 0 spiro atoms. The fraction of sp³-hybridized carbons (Fsp3) is 0.0714. The molecule has 0 heterocycles. The van der Waals surface area contributed by atoms with Crippen molar-refractivity contribution >= 4 is 39.1 Å². The lowest BCUT2D eigenvalue weighted by molar-refractivity contribution is 0.102. The average Bonchev–Trinajstić information content (AvgIpc) is 2.43. The van der Waals surface area contributed by atoms with Crippen LogP contribution in [0.15, 0.2) is 40.9 Å². The van der Waals surface area contributed by atoms with Crippen LogP contribution >= 0.6 is 27.5 Å². The van der Waals surface area contributed by atoms with Crippen molar-refractivity contribution < 1.29 is 13.9 Å². The molecular weight excluding hydrogens is 349 g/mol. The lowest BCUT2D eigenvalue weighted by Gasteiger charge is -2.09. The first-order chi connectivity index (χ1) is 9.51. The van der Waals surface area contributed by atoms with Gasteiger partial charge < -0.3 is 10.1 Å². The number of hydrogen-bond acceptors (Lipinski definition) is 2. The van der Waals surface area contributed by atoms with Gasteiger partial charge in [-0.1, -0.05) is 27.5 Å². The van der Waals surface area contributed by atoms with Crippen LogP contribution in [0.25, 0.3) is 0 Å². The summed E-state index contributed by atoms with van der Waals surface area (Å²) in [6.45, 7) is 0. The maximum absolute atomic E-state index is 13.3. The SMILES string of the molecule is COc1cc(C(=O)Nc2cc(Br)ccc2Cl)ccc1F. The van der Waals surface area contributed by atoms with Crippen molar-refractivity contribution in [1.29, 1.82) is 0 Å². The van der Waals surface area contributed by atoms with Crippen LogP contribution in [0.3, 0.4) is 0 Å². The second kappa shape index (κ2) is 6.24. The summed E-state index contributed by atoms with van der Waals surface area (Å²) in [7, 11) is 1.34. The number of ether oxygens (including phenoxy) is 1. The summed E-state index contributed by atoms with van der Waals surface area (Å²) in [6.07, 6.45) is 0. The Labute approximate surface area is 128 Å². The van der Waals surface area contributed by atoms with E-state index >= 15 is 0 Å². The molecule has 104 valence electrons. The summed E-state index contributed by atoms with van der Waals surface area (Å²) in [5.74, 6) is -0.911. The molecule has 0 aliphatic heterocycles. The molecule has 0 radical (unpaired) electrons. The smallest absolute Gasteiger partial charge is 0.255 e. The van der Waals surface area contributed by atoms with Crippen LogP contribution in [-0.2, 0) is 0 Å². The molecule has 0 saturated carbocycles. The van der Waals surface area contributed by atoms with Crippen LogP contribution in [0, 0.1) is 5.82 Å². The molecule has 0 aliphatic carbocycles. The van der Waals surface area contributed by atoms with E-state index in [0.29, 0.717) is 10.7 Å². The van der Waals surface area contributed by atoms with Crippen LogP contribution in [-0.4, -0.2) is 13.0 Å². The normalized spacial score (nSPS) is 10.2. The van der Waals surface area contributed by atoms with E-state index in [1.54, 1.807) is 18.2 Å². The van der Waals surface area contributed by atoms with E-state index in [1.807, 2.05) is 0 Å². The number of hydrogen-bond donors (Lipinski definition) is 1. The summed E-state index contributed by atoms with van der Waals surface area (Å²) in [5, 5.41) is 3.07. The molecule has 0 unspecified atom stereocenters. The van der Waals surface area contributed by atoms with Gasteiger partial charge in [-0.05, 0) is 36.4 Å². The van der Waals surface area contributed by atoms with Gasteiger partial charge in [-0.2, -0.15) is 0 Å². The summed E-state index contributed by atoms with van der Waals surface area (Å²) in [5.41, 5.74) is 0.744. The highest BCUT2D eigenvalue weighted by molar-refractivity contribution is 9.10. The minimum Gasteiger partial charge on any atom is -0.494 e. The fourth-order valence-electron chi connectivity index (χ4n) is 1.59. The second-order valence-corrected chi connectivity index (χ2v) is 5.25. The zero-order valence-corrected chi connectivity index (χ0v) is 12.8. The van der Waals surface area contributed by atoms with Crippen molar-refractivity contribution in [3.05, 3.63) is 57.3 Å². The fourth-order valence-corrected chi connectivity index (χ4v) is 2.11. The first-order valence-corrected chi connectivity index (χ1v) is 6.78. The molecule has 2 aromatic rings. The lowest BCUT2D eigenvalue weighted by Crippen LogP contribution is -2.12. The molecule has 1 N–H and O–H groups in total. The van der Waals surface area contributed by atoms with Crippen LogP contribution in [0.5, 0.6) is 5.75 Å². The van der Waals surface area contributed by atoms with Gasteiger partial charge in [0.2, 0.25) is 0 Å². The largest absolute Gasteiger partial charge is 0.494 e. The Kier molecular flexibility index (Phi) is 4.62. The van der Waals surface area contributed by atoms with Gasteiger partial charge in [-0.3, -0.25) is 4.79 Å². The quantitative estimate of drug-likeness (QED) is 0.877. The zero-order valence-electron chi connectivity index (χ0n) is 10.4. The highest BCUT2D eigenvalue weighted by atomic mass is 79.9. The van der Waals surface area contributed by atoms with E-state index in [4.69, 9.17) is 16.3 Å². The molecule has 2 aromatic carbocycles. The van der Waals surface area contributed by atoms with Crippen molar-refractivity contribution in [2.24, 2.45) is 0 Å². The number of methoxy groups -OCH3 is 1. The Hall–Kier alpha value is -1.59. The summed E-state index contributed by atoms with van der Waals surface area (Å²) < 4.78 is 18.9. The molecule has 0 atom stereocenters.